The van der Waals surface area contributed by atoms with E-state index >= 15 is 0 Å². The SMILES string of the molecule is CCN(C)S(=O)(=O)c1ccc(-c2cnc3nc(CCc4cc(OC)ccn4)[nH]c3c2)cc1. The second-order valence-corrected chi connectivity index (χ2v) is 9.45. The third-order valence-electron chi connectivity index (χ3n) is 5.37. The highest BCUT2D eigenvalue weighted by atomic mass is 32.2. The number of methoxy groups -OCH3 is 1. The van der Waals surface area contributed by atoms with Gasteiger partial charge in [-0.1, -0.05) is 19.1 Å². The molecule has 0 bridgehead atoms. The number of aromatic nitrogens is 4. The second-order valence-electron chi connectivity index (χ2n) is 7.41. The molecule has 32 heavy (non-hydrogen) atoms. The normalized spacial score (nSPS) is 11.9. The van der Waals surface area contributed by atoms with E-state index in [0.717, 1.165) is 40.3 Å². The fourth-order valence-electron chi connectivity index (χ4n) is 3.36. The largest absolute Gasteiger partial charge is 0.497 e. The lowest BCUT2D eigenvalue weighted by Gasteiger charge is -2.15. The van der Waals surface area contributed by atoms with Crippen molar-refractivity contribution in [2.45, 2.75) is 24.7 Å². The minimum Gasteiger partial charge on any atom is -0.497 e. The summed E-state index contributed by atoms with van der Waals surface area (Å²) in [6, 6.07) is 12.6. The van der Waals surface area contributed by atoms with E-state index in [1.54, 1.807) is 57.7 Å². The smallest absolute Gasteiger partial charge is 0.242 e. The van der Waals surface area contributed by atoms with Crippen LogP contribution in [0.1, 0.15) is 18.4 Å². The number of fused-ring (bicyclic) bond motifs is 1. The minimum absolute atomic E-state index is 0.273. The molecule has 1 N–H and O–H groups in total. The Morgan fingerprint density at radius 2 is 1.81 bits per heavy atom. The third kappa shape index (κ3) is 4.49. The zero-order chi connectivity index (χ0) is 22.7. The van der Waals surface area contributed by atoms with Gasteiger partial charge in [-0.3, -0.25) is 4.98 Å². The van der Waals surface area contributed by atoms with Gasteiger partial charge < -0.3 is 9.72 Å². The maximum atomic E-state index is 12.5. The van der Waals surface area contributed by atoms with Crippen LogP contribution in [-0.4, -0.2) is 53.4 Å². The van der Waals surface area contributed by atoms with Gasteiger partial charge in [-0.25, -0.2) is 22.7 Å². The summed E-state index contributed by atoms with van der Waals surface area (Å²) >= 11 is 0. The average molecular weight is 452 g/mol. The van der Waals surface area contributed by atoms with Crippen LogP contribution in [0.15, 0.2) is 59.8 Å². The topological polar surface area (TPSA) is 101 Å². The van der Waals surface area contributed by atoms with Gasteiger partial charge in [0.25, 0.3) is 0 Å². The number of aromatic amines is 1. The number of rotatable bonds is 8. The first-order chi connectivity index (χ1) is 15.4. The Bertz CT molecular complexity index is 1330. The molecule has 8 nitrogen and oxygen atoms in total. The number of nitrogens with one attached hydrogen (secondary N) is 1. The van der Waals surface area contributed by atoms with Crippen LogP contribution in [0.3, 0.4) is 0 Å². The van der Waals surface area contributed by atoms with Crippen molar-refractivity contribution in [1.29, 1.82) is 0 Å². The number of H-pyrrole nitrogens is 1. The molecule has 0 aliphatic carbocycles. The summed E-state index contributed by atoms with van der Waals surface area (Å²) < 4.78 is 31.5. The Kier molecular flexibility index (Phi) is 6.20. The number of imidazole rings is 1. The molecule has 0 aliphatic rings. The Hall–Kier alpha value is -3.30. The zero-order valence-corrected chi connectivity index (χ0v) is 19.1. The predicted octanol–water partition coefficient (Wildman–Crippen LogP) is 3.45. The van der Waals surface area contributed by atoms with Crippen molar-refractivity contribution in [2.75, 3.05) is 20.7 Å². The number of hydrogen-bond donors (Lipinski definition) is 1. The third-order valence-corrected chi connectivity index (χ3v) is 7.32. The van der Waals surface area contributed by atoms with Gasteiger partial charge in [-0.05, 0) is 36.2 Å². The van der Waals surface area contributed by atoms with E-state index in [1.807, 2.05) is 18.2 Å². The van der Waals surface area contributed by atoms with Crippen molar-refractivity contribution in [3.05, 3.63) is 66.4 Å². The van der Waals surface area contributed by atoms with Crippen LogP contribution in [-0.2, 0) is 22.9 Å². The molecule has 4 rings (SSSR count). The molecule has 9 heteroatoms. The number of pyridine rings is 2. The van der Waals surface area contributed by atoms with Gasteiger partial charge in [-0.15, -0.1) is 0 Å². The van der Waals surface area contributed by atoms with Crippen molar-refractivity contribution in [3.63, 3.8) is 0 Å². The van der Waals surface area contributed by atoms with E-state index in [-0.39, 0.29) is 4.90 Å². The van der Waals surface area contributed by atoms with Crippen LogP contribution >= 0.6 is 0 Å². The summed E-state index contributed by atoms with van der Waals surface area (Å²) in [6.07, 6.45) is 4.91. The minimum atomic E-state index is -3.46. The highest BCUT2D eigenvalue weighted by Gasteiger charge is 2.19. The number of ether oxygens (including phenoxy) is 1. The average Bonchev–Trinajstić information content (AvgIpc) is 3.24. The fourth-order valence-corrected chi connectivity index (χ4v) is 4.54. The number of sulfonamides is 1. The first kappa shape index (κ1) is 21.9. The van der Waals surface area contributed by atoms with Gasteiger partial charge in [0, 0.05) is 49.7 Å². The Labute approximate surface area is 187 Å². The van der Waals surface area contributed by atoms with E-state index in [9.17, 15) is 8.42 Å². The maximum absolute atomic E-state index is 12.5. The van der Waals surface area contributed by atoms with Crippen molar-refractivity contribution >= 4 is 21.2 Å². The fraction of sp³-hybridized carbons (Fsp3) is 0.261. The number of nitrogens with zero attached hydrogens (tertiary/aromatic N) is 4. The lowest BCUT2D eigenvalue weighted by atomic mass is 10.1. The van der Waals surface area contributed by atoms with Crippen LogP contribution < -0.4 is 4.74 Å². The molecule has 166 valence electrons. The molecule has 0 fully saturated rings. The summed E-state index contributed by atoms with van der Waals surface area (Å²) in [7, 11) is -0.257. The second kappa shape index (κ2) is 9.05. The van der Waals surface area contributed by atoms with E-state index in [0.29, 0.717) is 18.6 Å². The molecule has 0 spiro atoms. The molecule has 0 atom stereocenters. The molecule has 0 amide bonds. The molecule has 3 heterocycles. The van der Waals surface area contributed by atoms with Gasteiger partial charge in [0.05, 0.1) is 17.5 Å². The van der Waals surface area contributed by atoms with Crippen LogP contribution in [0.2, 0.25) is 0 Å². The standard InChI is InChI=1S/C23H25N5O3S/c1-4-28(2)32(29,30)20-8-5-16(6-9-20)17-13-21-23(25-15-17)27-22(26-21)10-7-18-14-19(31-3)11-12-24-18/h5-6,8-9,11-15H,4,7,10H2,1-3H3,(H,25,26,27). The van der Waals surface area contributed by atoms with Gasteiger partial charge in [0.15, 0.2) is 5.65 Å². The summed E-state index contributed by atoms with van der Waals surface area (Å²) in [5.41, 5.74) is 4.18. The first-order valence-corrected chi connectivity index (χ1v) is 11.7. The summed E-state index contributed by atoms with van der Waals surface area (Å²) in [5.74, 6) is 1.62. The molecule has 0 saturated heterocycles. The monoisotopic (exact) mass is 451 g/mol. The van der Waals surface area contributed by atoms with Gasteiger partial charge in [-0.2, -0.15) is 0 Å². The van der Waals surface area contributed by atoms with E-state index in [2.05, 4.69) is 19.9 Å². The van der Waals surface area contributed by atoms with E-state index in [1.165, 1.54) is 4.31 Å². The van der Waals surface area contributed by atoms with Crippen LogP contribution in [0.5, 0.6) is 5.75 Å². The molecule has 1 aromatic carbocycles. The van der Waals surface area contributed by atoms with Gasteiger partial charge in [0.1, 0.15) is 11.6 Å². The Morgan fingerprint density at radius 1 is 1.03 bits per heavy atom. The molecule has 0 unspecified atom stereocenters. The van der Waals surface area contributed by atoms with Gasteiger partial charge >= 0.3 is 0 Å². The molecule has 0 saturated carbocycles. The molecular weight excluding hydrogens is 426 g/mol. The quantitative estimate of drug-likeness (QED) is 0.440. The summed E-state index contributed by atoms with van der Waals surface area (Å²) in [4.78, 5) is 17.0. The van der Waals surface area contributed by atoms with Crippen LogP contribution in [0.25, 0.3) is 22.3 Å². The Morgan fingerprint density at radius 3 is 2.53 bits per heavy atom. The van der Waals surface area contributed by atoms with Crippen molar-refractivity contribution in [1.82, 2.24) is 24.2 Å². The zero-order valence-electron chi connectivity index (χ0n) is 18.2. The highest BCUT2D eigenvalue weighted by molar-refractivity contribution is 7.89. The summed E-state index contributed by atoms with van der Waals surface area (Å²) in [5, 5.41) is 0. The Balaban J connectivity index is 1.52. The van der Waals surface area contributed by atoms with Crippen LogP contribution in [0, 0.1) is 0 Å². The number of benzene rings is 1. The van der Waals surface area contributed by atoms with Crippen molar-refractivity contribution in [2.24, 2.45) is 0 Å². The van der Waals surface area contributed by atoms with Gasteiger partial charge in [0.2, 0.25) is 10.0 Å². The number of hydrogen-bond acceptors (Lipinski definition) is 6. The lowest BCUT2D eigenvalue weighted by molar-refractivity contribution is 0.413. The molecule has 3 aromatic heterocycles. The molecule has 0 aliphatic heterocycles. The molecule has 0 radical (unpaired) electrons. The molecule has 4 aromatic rings. The van der Waals surface area contributed by atoms with Crippen molar-refractivity contribution < 1.29 is 13.2 Å². The predicted molar refractivity (Wildman–Crippen MR) is 123 cm³/mol. The lowest BCUT2D eigenvalue weighted by Crippen LogP contribution is -2.26. The summed E-state index contributed by atoms with van der Waals surface area (Å²) in [6.45, 7) is 2.22. The van der Waals surface area contributed by atoms with Crippen molar-refractivity contribution in [3.8, 4) is 16.9 Å². The van der Waals surface area contributed by atoms with E-state index in [4.69, 9.17) is 4.74 Å². The van der Waals surface area contributed by atoms with E-state index < -0.39 is 10.0 Å². The molecular formula is C23H25N5O3S. The highest BCUT2D eigenvalue weighted by Crippen LogP contribution is 2.24. The maximum Gasteiger partial charge on any atom is 0.242 e. The first-order valence-electron chi connectivity index (χ1n) is 10.3. The van der Waals surface area contributed by atoms with Crippen LogP contribution in [0.4, 0.5) is 0 Å². The number of aryl methyl sites for hydroxylation is 2.